The van der Waals surface area contributed by atoms with Crippen LogP contribution in [0.1, 0.15) is 29.7 Å². The van der Waals surface area contributed by atoms with Gasteiger partial charge in [-0.25, -0.2) is 4.42 Å². The Morgan fingerprint density at radius 3 is 1.79 bits per heavy atom. The highest BCUT2D eigenvalue weighted by Crippen LogP contribution is 2.41. The number of hydrogen-bond donors (Lipinski definition) is 0. The molecule has 0 N–H and O–H groups in total. The fraction of sp³-hybridized carbons (Fsp3) is 0.107. The van der Waals surface area contributed by atoms with E-state index in [9.17, 15) is 17.3 Å². The monoisotopic (exact) mass is 462 g/mol. The smallest absolute Gasteiger partial charge is 0.418 e. The molecule has 0 saturated heterocycles. The zero-order valence-corrected chi connectivity index (χ0v) is 18.4. The molecule has 1 aromatic heterocycles. The summed E-state index contributed by atoms with van der Waals surface area (Å²) in [4.78, 5) is 0. The van der Waals surface area contributed by atoms with Gasteiger partial charge in [0.15, 0.2) is 0 Å². The first-order valence-electron chi connectivity index (χ1n) is 11.1. The van der Waals surface area contributed by atoms with Crippen molar-refractivity contribution < 1.29 is 21.7 Å². The predicted molar refractivity (Wildman–Crippen MR) is 131 cm³/mol. The summed E-state index contributed by atoms with van der Waals surface area (Å²) < 4.78 is 45.6. The molecule has 1 aliphatic rings. The van der Waals surface area contributed by atoms with Crippen LogP contribution in [0.25, 0.3) is 34.1 Å². The fourth-order valence-electron chi connectivity index (χ4n) is 4.13. The van der Waals surface area contributed by atoms with Crippen molar-refractivity contribution in [3.8, 4) is 22.5 Å². The summed E-state index contributed by atoms with van der Waals surface area (Å²) in [5, 5.41) is 0. The SMILES string of the molecule is C(=C1\CCCc2c(-c3ccccc3)cc(-c3ccccc3)[o+]c21)/c1ccccc1.F[B-](F)(F)F. The van der Waals surface area contributed by atoms with E-state index >= 15 is 0 Å². The molecule has 0 fully saturated rings. The Morgan fingerprint density at radius 2 is 1.21 bits per heavy atom. The van der Waals surface area contributed by atoms with Crippen LogP contribution >= 0.6 is 0 Å². The second-order valence-electron chi connectivity index (χ2n) is 7.99. The van der Waals surface area contributed by atoms with Gasteiger partial charge in [0, 0.05) is 5.56 Å². The third-order valence-electron chi connectivity index (χ3n) is 5.53. The zero-order valence-electron chi connectivity index (χ0n) is 18.4. The van der Waals surface area contributed by atoms with Gasteiger partial charge in [0.2, 0.25) is 0 Å². The number of fused-ring (bicyclic) bond motifs is 1. The van der Waals surface area contributed by atoms with E-state index in [2.05, 4.69) is 97.1 Å². The normalized spacial score (nSPS) is 14.2. The molecular weight excluding hydrogens is 439 g/mol. The van der Waals surface area contributed by atoms with Crippen LogP contribution in [0, 0.1) is 0 Å². The van der Waals surface area contributed by atoms with Gasteiger partial charge in [0.05, 0.1) is 22.8 Å². The largest absolute Gasteiger partial charge is 0.673 e. The highest BCUT2D eigenvalue weighted by molar-refractivity contribution is 6.50. The topological polar surface area (TPSA) is 11.3 Å². The van der Waals surface area contributed by atoms with Gasteiger partial charge in [0.1, 0.15) is 0 Å². The molecule has 0 bridgehead atoms. The van der Waals surface area contributed by atoms with Gasteiger partial charge >= 0.3 is 18.8 Å². The molecule has 0 aliphatic heterocycles. The summed E-state index contributed by atoms with van der Waals surface area (Å²) in [5.74, 6) is 1.96. The lowest BCUT2D eigenvalue weighted by Gasteiger charge is -2.15. The first-order chi connectivity index (χ1) is 16.4. The van der Waals surface area contributed by atoms with E-state index in [1.165, 1.54) is 27.8 Å². The van der Waals surface area contributed by atoms with Crippen molar-refractivity contribution >= 4 is 18.9 Å². The number of allylic oxidation sites excluding steroid dienone is 1. The number of benzene rings is 3. The molecule has 0 amide bonds. The fourth-order valence-corrected chi connectivity index (χ4v) is 4.13. The van der Waals surface area contributed by atoms with Crippen LogP contribution in [-0.2, 0) is 6.42 Å². The van der Waals surface area contributed by atoms with Crippen molar-refractivity contribution in [3.63, 3.8) is 0 Å². The van der Waals surface area contributed by atoms with E-state index in [-0.39, 0.29) is 0 Å². The zero-order chi connectivity index (χ0) is 24.0. The minimum atomic E-state index is -6.00. The molecule has 0 atom stereocenters. The van der Waals surface area contributed by atoms with Crippen LogP contribution in [-0.4, -0.2) is 7.25 Å². The molecule has 5 rings (SSSR count). The first-order valence-corrected chi connectivity index (χ1v) is 11.1. The average molecular weight is 462 g/mol. The molecule has 34 heavy (non-hydrogen) atoms. The third kappa shape index (κ3) is 6.22. The van der Waals surface area contributed by atoms with Gasteiger partial charge in [0.25, 0.3) is 0 Å². The van der Waals surface area contributed by atoms with Gasteiger partial charge in [-0.1, -0.05) is 78.9 Å². The molecule has 0 saturated carbocycles. The second kappa shape index (κ2) is 10.5. The van der Waals surface area contributed by atoms with Crippen molar-refractivity contribution in [2.24, 2.45) is 0 Å². The van der Waals surface area contributed by atoms with Gasteiger partial charge in [-0.2, -0.15) is 0 Å². The Hall–Kier alpha value is -3.67. The maximum Gasteiger partial charge on any atom is 0.673 e. The van der Waals surface area contributed by atoms with Crippen LogP contribution in [0.15, 0.2) is 101 Å². The van der Waals surface area contributed by atoms with Crippen molar-refractivity contribution in [1.82, 2.24) is 0 Å². The van der Waals surface area contributed by atoms with Crippen molar-refractivity contribution in [3.05, 3.63) is 114 Å². The van der Waals surface area contributed by atoms with Gasteiger partial charge < -0.3 is 17.3 Å². The van der Waals surface area contributed by atoms with Crippen LogP contribution in [0.2, 0.25) is 0 Å². The average Bonchev–Trinajstić information content (AvgIpc) is 2.84. The highest BCUT2D eigenvalue weighted by atomic mass is 19.5. The Kier molecular flexibility index (Phi) is 7.26. The molecule has 0 unspecified atom stereocenters. The molecule has 6 heteroatoms. The summed E-state index contributed by atoms with van der Waals surface area (Å²) in [6, 6.07) is 33.8. The van der Waals surface area contributed by atoms with E-state index in [1.807, 2.05) is 6.07 Å². The minimum Gasteiger partial charge on any atom is -0.418 e. The lowest BCUT2D eigenvalue weighted by molar-refractivity contribution is 0.368. The maximum absolute atomic E-state index is 9.75. The quantitative estimate of drug-likeness (QED) is 0.168. The lowest BCUT2D eigenvalue weighted by atomic mass is 9.86. The standard InChI is InChI=1S/C28H23O.BF4/c1-4-11-21(12-5-1)19-24-17-10-18-25-26(22-13-6-2-7-14-22)20-27(29-28(24)25)23-15-8-3-9-16-23;2-1(3,4)5/h1-9,11-16,19-20H,10,17-18H2;/q+1;-1/b24-19-;. The Labute approximate surface area is 196 Å². The van der Waals surface area contributed by atoms with Crippen LogP contribution < -0.4 is 0 Å². The van der Waals surface area contributed by atoms with E-state index in [1.54, 1.807) is 0 Å². The Bertz CT molecular complexity index is 1250. The third-order valence-corrected chi connectivity index (χ3v) is 5.53. The molecule has 4 aromatic rings. The molecule has 1 aliphatic carbocycles. The highest BCUT2D eigenvalue weighted by Gasteiger charge is 2.31. The van der Waals surface area contributed by atoms with Crippen LogP contribution in [0.4, 0.5) is 17.3 Å². The Morgan fingerprint density at radius 1 is 0.676 bits per heavy atom. The van der Waals surface area contributed by atoms with Gasteiger partial charge in [-0.15, -0.1) is 0 Å². The summed E-state index contributed by atoms with van der Waals surface area (Å²) in [5.41, 5.74) is 7.47. The summed E-state index contributed by atoms with van der Waals surface area (Å²) in [6.45, 7) is 0. The number of rotatable bonds is 3. The molecule has 172 valence electrons. The molecule has 1 nitrogen and oxygen atoms in total. The van der Waals surface area contributed by atoms with Crippen LogP contribution in [0.5, 0.6) is 0 Å². The van der Waals surface area contributed by atoms with Gasteiger partial charge in [-0.3, -0.25) is 0 Å². The summed E-state index contributed by atoms with van der Waals surface area (Å²) in [6.07, 6.45) is 5.51. The molecule has 1 heterocycles. The van der Waals surface area contributed by atoms with Crippen molar-refractivity contribution in [2.45, 2.75) is 19.3 Å². The number of halogens is 4. The molecular formula is C28H23BF4O. The predicted octanol–water partition coefficient (Wildman–Crippen LogP) is 9.07. The van der Waals surface area contributed by atoms with E-state index in [0.29, 0.717) is 0 Å². The van der Waals surface area contributed by atoms with E-state index < -0.39 is 7.25 Å². The van der Waals surface area contributed by atoms with Gasteiger partial charge in [-0.05, 0) is 48.6 Å². The number of hydrogen-bond acceptors (Lipinski definition) is 0. The maximum atomic E-state index is 9.75. The molecule has 0 radical (unpaired) electrons. The molecule has 0 spiro atoms. The summed E-state index contributed by atoms with van der Waals surface area (Å²) >= 11 is 0. The summed E-state index contributed by atoms with van der Waals surface area (Å²) in [7, 11) is -6.00. The van der Waals surface area contributed by atoms with E-state index in [4.69, 9.17) is 4.42 Å². The molecule has 3 aromatic carbocycles. The minimum absolute atomic E-state index is 0.920. The van der Waals surface area contributed by atoms with Crippen LogP contribution in [0.3, 0.4) is 0 Å². The van der Waals surface area contributed by atoms with Crippen molar-refractivity contribution in [1.29, 1.82) is 0 Å². The van der Waals surface area contributed by atoms with E-state index in [0.717, 1.165) is 36.3 Å². The Balaban J connectivity index is 0.000000499. The first kappa shape index (κ1) is 23.5. The van der Waals surface area contributed by atoms with Crippen molar-refractivity contribution in [2.75, 3.05) is 0 Å². The lowest BCUT2D eigenvalue weighted by Crippen LogP contribution is -2.05. The second-order valence-corrected chi connectivity index (χ2v) is 7.99.